The number of rotatable bonds is 12. The molecule has 3 aromatic rings. The second-order valence-electron chi connectivity index (χ2n) is 8.93. The fraction of sp³-hybridized carbons (Fsp3) is 0.310. The number of methoxy groups -OCH3 is 1. The van der Waals surface area contributed by atoms with Crippen LogP contribution in [0.5, 0.6) is 5.75 Å². The summed E-state index contributed by atoms with van der Waals surface area (Å²) in [4.78, 5) is 28.7. The highest BCUT2D eigenvalue weighted by Gasteiger charge is 2.30. The van der Waals surface area contributed by atoms with Crippen LogP contribution in [0.2, 0.25) is 5.02 Å². The number of benzene rings is 3. The Hall–Kier alpha value is -3.03. The first kappa shape index (κ1) is 28.5. The summed E-state index contributed by atoms with van der Waals surface area (Å²) in [7, 11) is 1.58. The van der Waals surface area contributed by atoms with Gasteiger partial charge in [0.05, 0.1) is 12.9 Å². The van der Waals surface area contributed by atoms with Gasteiger partial charge >= 0.3 is 0 Å². The Morgan fingerprint density at radius 1 is 1.03 bits per heavy atom. The predicted molar refractivity (Wildman–Crippen MR) is 148 cm³/mol. The predicted octanol–water partition coefficient (Wildman–Crippen LogP) is 5.89. The minimum absolute atomic E-state index is 0.0644. The standard InChI is InChI=1S/C29H32ClFN2O3S/c1-20(2)32-29(35)27(16-21-9-5-4-6-10-21)33(17-22-11-7-12-23(15-22)36-3)28(34)19-37-18-24-25(30)13-8-14-26(24)31/h4-15,20,27H,16-19H2,1-3H3,(H,32,35)/t27-/m1/s1. The van der Waals surface area contributed by atoms with Gasteiger partial charge in [-0.3, -0.25) is 9.59 Å². The fourth-order valence-electron chi connectivity index (χ4n) is 3.90. The molecule has 0 aromatic heterocycles. The first-order chi connectivity index (χ1) is 17.8. The molecule has 0 radical (unpaired) electrons. The zero-order valence-corrected chi connectivity index (χ0v) is 22.8. The van der Waals surface area contributed by atoms with Gasteiger partial charge in [0.25, 0.3) is 0 Å². The van der Waals surface area contributed by atoms with Crippen LogP contribution in [0, 0.1) is 5.82 Å². The number of amides is 2. The lowest BCUT2D eigenvalue weighted by molar-refractivity contribution is -0.139. The fourth-order valence-corrected chi connectivity index (χ4v) is 5.14. The third-order valence-electron chi connectivity index (χ3n) is 5.72. The summed E-state index contributed by atoms with van der Waals surface area (Å²) < 4.78 is 19.6. The largest absolute Gasteiger partial charge is 0.497 e. The van der Waals surface area contributed by atoms with Crippen molar-refractivity contribution < 1.29 is 18.7 Å². The third kappa shape index (κ3) is 8.51. The average Bonchev–Trinajstić information content (AvgIpc) is 2.88. The van der Waals surface area contributed by atoms with E-state index in [9.17, 15) is 14.0 Å². The van der Waals surface area contributed by atoms with E-state index < -0.39 is 11.9 Å². The molecule has 0 fully saturated rings. The molecular formula is C29H32ClFN2O3S. The van der Waals surface area contributed by atoms with Crippen LogP contribution in [-0.2, 0) is 28.3 Å². The van der Waals surface area contributed by atoms with Crippen LogP contribution in [0.25, 0.3) is 0 Å². The normalized spacial score (nSPS) is 11.7. The highest BCUT2D eigenvalue weighted by atomic mass is 35.5. The summed E-state index contributed by atoms with van der Waals surface area (Å²) in [5.74, 6) is 0.122. The van der Waals surface area contributed by atoms with E-state index in [1.807, 2.05) is 68.4 Å². The second-order valence-corrected chi connectivity index (χ2v) is 10.3. The number of nitrogens with one attached hydrogen (secondary N) is 1. The number of nitrogens with zero attached hydrogens (tertiary/aromatic N) is 1. The maximum atomic E-state index is 14.2. The van der Waals surface area contributed by atoms with E-state index in [1.54, 1.807) is 24.1 Å². The zero-order chi connectivity index (χ0) is 26.8. The van der Waals surface area contributed by atoms with Crippen LogP contribution >= 0.6 is 23.4 Å². The van der Waals surface area contributed by atoms with Gasteiger partial charge in [0.15, 0.2) is 0 Å². The highest BCUT2D eigenvalue weighted by Crippen LogP contribution is 2.25. The van der Waals surface area contributed by atoms with Crippen molar-refractivity contribution in [3.63, 3.8) is 0 Å². The van der Waals surface area contributed by atoms with Gasteiger partial charge in [-0.2, -0.15) is 0 Å². The van der Waals surface area contributed by atoms with E-state index in [0.717, 1.165) is 11.1 Å². The van der Waals surface area contributed by atoms with Crippen LogP contribution in [0.1, 0.15) is 30.5 Å². The van der Waals surface area contributed by atoms with E-state index in [1.165, 1.54) is 17.8 Å². The molecular weight excluding hydrogens is 511 g/mol. The van der Waals surface area contributed by atoms with Crippen molar-refractivity contribution in [1.82, 2.24) is 10.2 Å². The first-order valence-electron chi connectivity index (χ1n) is 12.1. The zero-order valence-electron chi connectivity index (χ0n) is 21.2. The number of hydrogen-bond acceptors (Lipinski definition) is 4. The van der Waals surface area contributed by atoms with Crippen molar-refractivity contribution in [2.45, 2.75) is 44.6 Å². The topological polar surface area (TPSA) is 58.6 Å². The first-order valence-corrected chi connectivity index (χ1v) is 13.6. The van der Waals surface area contributed by atoms with Gasteiger partial charge in [0, 0.05) is 35.3 Å². The Morgan fingerprint density at radius 2 is 1.73 bits per heavy atom. The van der Waals surface area contributed by atoms with E-state index in [4.69, 9.17) is 16.3 Å². The van der Waals surface area contributed by atoms with Gasteiger partial charge in [0.2, 0.25) is 11.8 Å². The molecule has 5 nitrogen and oxygen atoms in total. The van der Waals surface area contributed by atoms with Gasteiger partial charge < -0.3 is 15.0 Å². The molecule has 8 heteroatoms. The molecule has 2 amide bonds. The molecule has 0 saturated carbocycles. The monoisotopic (exact) mass is 542 g/mol. The molecule has 0 heterocycles. The van der Waals surface area contributed by atoms with Crippen LogP contribution in [0.3, 0.4) is 0 Å². The molecule has 0 aliphatic carbocycles. The van der Waals surface area contributed by atoms with Crippen molar-refractivity contribution in [3.05, 3.63) is 100 Å². The van der Waals surface area contributed by atoms with Crippen molar-refractivity contribution in [2.24, 2.45) is 0 Å². The number of carbonyl (C=O) groups excluding carboxylic acids is 2. The Labute approximate surface area is 227 Å². The maximum Gasteiger partial charge on any atom is 0.243 e. The average molecular weight is 543 g/mol. The minimum atomic E-state index is -0.735. The molecule has 196 valence electrons. The van der Waals surface area contributed by atoms with Crippen LogP contribution in [0.4, 0.5) is 4.39 Å². The minimum Gasteiger partial charge on any atom is -0.497 e. The molecule has 0 bridgehead atoms. The highest BCUT2D eigenvalue weighted by molar-refractivity contribution is 7.99. The SMILES string of the molecule is COc1cccc(CN(C(=O)CSCc2c(F)cccc2Cl)[C@H](Cc2ccccc2)C(=O)NC(C)C)c1. The van der Waals surface area contributed by atoms with Crippen molar-refractivity contribution in [2.75, 3.05) is 12.9 Å². The van der Waals surface area contributed by atoms with E-state index >= 15 is 0 Å². The molecule has 0 spiro atoms. The lowest BCUT2D eigenvalue weighted by Gasteiger charge is -2.32. The maximum absolute atomic E-state index is 14.2. The Bertz CT molecular complexity index is 1170. The molecule has 1 N–H and O–H groups in total. The van der Waals surface area contributed by atoms with E-state index in [-0.39, 0.29) is 35.9 Å². The molecule has 3 aromatic carbocycles. The Balaban J connectivity index is 1.88. The van der Waals surface area contributed by atoms with Gasteiger partial charge in [-0.25, -0.2) is 4.39 Å². The summed E-state index contributed by atoms with van der Waals surface area (Å²) in [5, 5.41) is 3.30. The van der Waals surface area contributed by atoms with Crippen LogP contribution < -0.4 is 10.1 Å². The molecule has 0 unspecified atom stereocenters. The van der Waals surface area contributed by atoms with Crippen LogP contribution in [0.15, 0.2) is 72.8 Å². The van der Waals surface area contributed by atoms with E-state index in [0.29, 0.717) is 22.8 Å². The summed E-state index contributed by atoms with van der Waals surface area (Å²) in [6, 6.07) is 20.8. The molecule has 1 atom stereocenters. The van der Waals surface area contributed by atoms with Gasteiger partial charge in [-0.05, 0) is 49.2 Å². The lowest BCUT2D eigenvalue weighted by atomic mass is 10.0. The summed E-state index contributed by atoms with van der Waals surface area (Å²) in [6.45, 7) is 4.00. The van der Waals surface area contributed by atoms with Crippen LogP contribution in [-0.4, -0.2) is 41.7 Å². The molecule has 0 saturated heterocycles. The summed E-state index contributed by atoms with van der Waals surface area (Å²) >= 11 is 7.43. The smallest absolute Gasteiger partial charge is 0.243 e. The quantitative estimate of drug-likeness (QED) is 0.310. The van der Waals surface area contributed by atoms with Crippen molar-refractivity contribution in [3.8, 4) is 5.75 Å². The number of hydrogen-bond donors (Lipinski definition) is 1. The molecule has 0 aliphatic rings. The van der Waals surface area contributed by atoms with Crippen molar-refractivity contribution in [1.29, 1.82) is 0 Å². The Kier molecular flexibility index (Phi) is 10.8. The van der Waals surface area contributed by atoms with Crippen molar-refractivity contribution >= 4 is 35.2 Å². The number of thioether (sulfide) groups is 1. The third-order valence-corrected chi connectivity index (χ3v) is 7.02. The second kappa shape index (κ2) is 14.1. The van der Waals surface area contributed by atoms with Gasteiger partial charge in [-0.1, -0.05) is 60.1 Å². The van der Waals surface area contributed by atoms with E-state index in [2.05, 4.69) is 5.32 Å². The summed E-state index contributed by atoms with van der Waals surface area (Å²) in [5.41, 5.74) is 2.14. The lowest BCUT2D eigenvalue weighted by Crippen LogP contribution is -2.52. The Morgan fingerprint density at radius 3 is 2.41 bits per heavy atom. The summed E-state index contributed by atoms with van der Waals surface area (Å²) in [6.07, 6.45) is 0.360. The van der Waals surface area contributed by atoms with Gasteiger partial charge in [0.1, 0.15) is 17.6 Å². The molecule has 0 aliphatic heterocycles. The number of halogens is 2. The molecule has 37 heavy (non-hydrogen) atoms. The van der Waals surface area contributed by atoms with Gasteiger partial charge in [-0.15, -0.1) is 11.8 Å². The number of ether oxygens (including phenoxy) is 1. The number of carbonyl (C=O) groups is 2. The molecule has 3 rings (SSSR count).